The van der Waals surface area contributed by atoms with Crippen molar-refractivity contribution in [1.29, 1.82) is 0 Å². The molecule has 1 atom stereocenters. The molecule has 1 aromatic heterocycles. The molecule has 4 amide bonds. The lowest BCUT2D eigenvalue weighted by Crippen LogP contribution is -2.56. The first-order chi connectivity index (χ1) is 16.3. The van der Waals surface area contributed by atoms with Crippen molar-refractivity contribution in [2.45, 2.75) is 58.5 Å². The van der Waals surface area contributed by atoms with Crippen LogP contribution >= 0.6 is 0 Å². The molecule has 1 aromatic carbocycles. The number of amides is 4. The number of aromatic nitrogens is 1. The zero-order valence-corrected chi connectivity index (χ0v) is 20.3. The van der Waals surface area contributed by atoms with E-state index in [1.165, 1.54) is 4.90 Å². The van der Waals surface area contributed by atoms with Crippen LogP contribution < -0.4 is 5.32 Å². The van der Waals surface area contributed by atoms with Gasteiger partial charge < -0.3 is 10.2 Å². The summed E-state index contributed by atoms with van der Waals surface area (Å²) < 4.78 is 0. The molecule has 3 heterocycles. The molecule has 2 saturated heterocycles. The topological polar surface area (TPSA) is 82.6 Å². The van der Waals surface area contributed by atoms with Crippen LogP contribution in [-0.4, -0.2) is 51.3 Å². The van der Waals surface area contributed by atoms with Crippen molar-refractivity contribution in [3.05, 3.63) is 65.5 Å². The van der Waals surface area contributed by atoms with E-state index in [-0.39, 0.29) is 30.3 Å². The van der Waals surface area contributed by atoms with Gasteiger partial charge in [0.2, 0.25) is 0 Å². The Morgan fingerprint density at radius 2 is 1.91 bits per heavy atom. The number of carbonyl (C=O) groups is 3. The molecule has 0 unspecified atom stereocenters. The molecule has 0 bridgehead atoms. The van der Waals surface area contributed by atoms with E-state index in [0.717, 1.165) is 12.0 Å². The van der Waals surface area contributed by atoms with Gasteiger partial charge in [-0.25, -0.2) is 4.79 Å². The molecule has 34 heavy (non-hydrogen) atoms. The Morgan fingerprint density at radius 1 is 1.15 bits per heavy atom. The highest BCUT2D eigenvalue weighted by Gasteiger charge is 2.55. The van der Waals surface area contributed by atoms with Crippen LogP contribution in [0.4, 0.5) is 4.79 Å². The van der Waals surface area contributed by atoms with Gasteiger partial charge in [0.05, 0.1) is 12.2 Å². The highest BCUT2D eigenvalue weighted by molar-refractivity contribution is 6.07. The average molecular weight is 463 g/mol. The normalized spacial score (nSPS) is 21.3. The molecule has 2 fully saturated rings. The van der Waals surface area contributed by atoms with Gasteiger partial charge in [-0.15, -0.1) is 0 Å². The predicted molar refractivity (Wildman–Crippen MR) is 130 cm³/mol. The zero-order valence-electron chi connectivity index (χ0n) is 20.3. The summed E-state index contributed by atoms with van der Waals surface area (Å²) in [5.74, 6) is 0.261. The second-order valence-corrected chi connectivity index (χ2v) is 9.98. The van der Waals surface area contributed by atoms with Crippen LogP contribution in [0.1, 0.15) is 61.1 Å². The number of nitrogens with zero attached hydrogens (tertiary/aromatic N) is 3. The lowest BCUT2D eigenvalue weighted by atomic mass is 9.73. The van der Waals surface area contributed by atoms with Gasteiger partial charge in [-0.3, -0.25) is 19.5 Å². The molecule has 7 heteroatoms. The Balaban J connectivity index is 1.51. The minimum atomic E-state index is -0.922. The van der Waals surface area contributed by atoms with Crippen molar-refractivity contribution >= 4 is 17.8 Å². The Hall–Kier alpha value is -3.22. The smallest absolute Gasteiger partial charge is 0.325 e. The average Bonchev–Trinajstić information content (AvgIpc) is 3.08. The number of benzene rings is 1. The van der Waals surface area contributed by atoms with Crippen molar-refractivity contribution in [2.75, 3.05) is 13.1 Å². The zero-order chi connectivity index (χ0) is 24.3. The molecular weight excluding hydrogens is 428 g/mol. The summed E-state index contributed by atoms with van der Waals surface area (Å²) in [6.07, 6.45) is 4.47. The van der Waals surface area contributed by atoms with Gasteiger partial charge in [0.1, 0.15) is 5.54 Å². The van der Waals surface area contributed by atoms with Gasteiger partial charge in [-0.2, -0.15) is 0 Å². The second kappa shape index (κ2) is 9.95. The van der Waals surface area contributed by atoms with Gasteiger partial charge in [0, 0.05) is 24.8 Å². The van der Waals surface area contributed by atoms with Crippen LogP contribution in [-0.2, 0) is 11.3 Å². The van der Waals surface area contributed by atoms with Crippen molar-refractivity contribution < 1.29 is 14.4 Å². The Kier molecular flexibility index (Phi) is 7.00. The summed E-state index contributed by atoms with van der Waals surface area (Å²) >= 11 is 0. The van der Waals surface area contributed by atoms with Gasteiger partial charge in [0.25, 0.3) is 11.8 Å². The first kappa shape index (κ1) is 23.9. The Morgan fingerprint density at radius 3 is 2.56 bits per heavy atom. The number of rotatable bonds is 7. The third kappa shape index (κ3) is 4.83. The van der Waals surface area contributed by atoms with E-state index >= 15 is 0 Å². The molecule has 180 valence electrons. The van der Waals surface area contributed by atoms with Gasteiger partial charge in [-0.05, 0) is 68.7 Å². The number of likely N-dealkylation sites (tertiary alicyclic amines) is 1. The lowest BCUT2D eigenvalue weighted by molar-refractivity contribution is -0.134. The molecule has 0 aliphatic carbocycles. The van der Waals surface area contributed by atoms with E-state index in [0.29, 0.717) is 49.5 Å². The maximum absolute atomic E-state index is 13.8. The number of urea groups is 1. The van der Waals surface area contributed by atoms with Crippen LogP contribution in [0.25, 0.3) is 0 Å². The number of hydrogen-bond acceptors (Lipinski definition) is 4. The lowest BCUT2D eigenvalue weighted by Gasteiger charge is -2.41. The van der Waals surface area contributed by atoms with Gasteiger partial charge in [0.15, 0.2) is 0 Å². The van der Waals surface area contributed by atoms with Crippen LogP contribution in [0.3, 0.4) is 0 Å². The van der Waals surface area contributed by atoms with Crippen molar-refractivity contribution in [2.24, 2.45) is 11.8 Å². The minimum Gasteiger partial charge on any atom is -0.339 e. The number of pyridine rings is 1. The van der Waals surface area contributed by atoms with E-state index in [4.69, 9.17) is 0 Å². The molecule has 4 rings (SSSR count). The highest BCUT2D eigenvalue weighted by atomic mass is 16.2. The molecule has 1 N–H and O–H groups in total. The van der Waals surface area contributed by atoms with Crippen molar-refractivity contribution in [3.63, 3.8) is 0 Å². The van der Waals surface area contributed by atoms with E-state index in [1.807, 2.05) is 54.3 Å². The fourth-order valence-corrected chi connectivity index (χ4v) is 5.14. The first-order valence-corrected chi connectivity index (χ1v) is 12.2. The Bertz CT molecular complexity index is 1050. The van der Waals surface area contributed by atoms with E-state index in [2.05, 4.69) is 24.1 Å². The molecule has 0 spiro atoms. The molecule has 2 aromatic rings. The number of hydrogen-bond donors (Lipinski definition) is 1. The molecule has 2 aliphatic rings. The Labute approximate surface area is 201 Å². The van der Waals surface area contributed by atoms with Crippen molar-refractivity contribution in [1.82, 2.24) is 20.1 Å². The maximum atomic E-state index is 13.8. The predicted octanol–water partition coefficient (Wildman–Crippen LogP) is 4.17. The van der Waals surface area contributed by atoms with E-state index < -0.39 is 5.54 Å². The standard InChI is InChI=1S/C27H34N4O3/c1-19(2)10-13-27(25(33)31(26(34)29-27)18-23-9-4-5-14-28-23)22-11-15-30(16-12-22)24(32)21-8-6-7-20(3)17-21/h4-9,14,17,19,22H,10-13,15-16,18H2,1-3H3,(H,29,34)/t27-/m0/s1. The fraction of sp³-hybridized carbons (Fsp3) is 0.481. The number of aryl methyl sites for hydroxylation is 1. The van der Waals surface area contributed by atoms with Crippen LogP contribution in [0, 0.1) is 18.8 Å². The molecular formula is C27H34N4O3. The summed E-state index contributed by atoms with van der Waals surface area (Å²) in [6, 6.07) is 12.8. The maximum Gasteiger partial charge on any atom is 0.325 e. The van der Waals surface area contributed by atoms with Crippen molar-refractivity contribution in [3.8, 4) is 0 Å². The third-order valence-corrected chi connectivity index (χ3v) is 7.11. The summed E-state index contributed by atoms with van der Waals surface area (Å²) in [4.78, 5) is 47.2. The number of carbonyl (C=O) groups excluding carboxylic acids is 3. The number of imide groups is 1. The summed E-state index contributed by atoms with van der Waals surface area (Å²) in [7, 11) is 0. The largest absolute Gasteiger partial charge is 0.339 e. The van der Waals surface area contributed by atoms with Gasteiger partial charge >= 0.3 is 6.03 Å². The fourth-order valence-electron chi connectivity index (χ4n) is 5.14. The van der Waals surface area contributed by atoms with E-state index in [1.54, 1.807) is 6.20 Å². The van der Waals surface area contributed by atoms with Gasteiger partial charge in [-0.1, -0.05) is 37.6 Å². The summed E-state index contributed by atoms with van der Waals surface area (Å²) in [6.45, 7) is 7.55. The summed E-state index contributed by atoms with van der Waals surface area (Å²) in [5.41, 5.74) is 1.51. The molecule has 0 radical (unpaired) electrons. The number of nitrogens with one attached hydrogen (secondary N) is 1. The third-order valence-electron chi connectivity index (χ3n) is 7.11. The summed E-state index contributed by atoms with van der Waals surface area (Å²) in [5, 5.41) is 3.10. The number of piperidine rings is 1. The van der Waals surface area contributed by atoms with Crippen LogP contribution in [0.15, 0.2) is 48.7 Å². The first-order valence-electron chi connectivity index (χ1n) is 12.2. The van der Waals surface area contributed by atoms with Crippen LogP contribution in [0.5, 0.6) is 0 Å². The monoisotopic (exact) mass is 462 g/mol. The second-order valence-electron chi connectivity index (χ2n) is 9.98. The molecule has 0 saturated carbocycles. The molecule has 7 nitrogen and oxygen atoms in total. The molecule has 2 aliphatic heterocycles. The van der Waals surface area contributed by atoms with Crippen LogP contribution in [0.2, 0.25) is 0 Å². The minimum absolute atomic E-state index is 0.0157. The highest BCUT2D eigenvalue weighted by Crippen LogP contribution is 2.38. The van der Waals surface area contributed by atoms with E-state index in [9.17, 15) is 14.4 Å². The quantitative estimate of drug-likeness (QED) is 0.626. The SMILES string of the molecule is Cc1cccc(C(=O)N2CCC([C@]3(CCC(C)C)NC(=O)N(Cc4ccccn4)C3=O)CC2)c1.